The number of rotatable bonds is 12. The lowest BCUT2D eigenvalue weighted by molar-refractivity contribution is -0.140. The molecule has 1 N–H and O–H groups in total. The summed E-state index contributed by atoms with van der Waals surface area (Å²) in [7, 11) is -3.84. The number of hydrogen-bond acceptors (Lipinski definition) is 4. The van der Waals surface area contributed by atoms with Crippen LogP contribution in [-0.2, 0) is 32.6 Å². The molecule has 40 heavy (non-hydrogen) atoms. The molecule has 10 heteroatoms. The minimum atomic E-state index is -3.84. The Morgan fingerprint density at radius 1 is 0.925 bits per heavy atom. The second-order valence-electron chi connectivity index (χ2n) is 9.85. The summed E-state index contributed by atoms with van der Waals surface area (Å²) < 4.78 is 26.8. The van der Waals surface area contributed by atoms with Crippen LogP contribution in [0.2, 0.25) is 10.0 Å². The van der Waals surface area contributed by atoms with Gasteiger partial charge in [-0.15, -0.1) is 0 Å². The summed E-state index contributed by atoms with van der Waals surface area (Å²) in [5.41, 5.74) is 2.60. The minimum absolute atomic E-state index is 0.0890. The Bertz CT molecular complexity index is 1400. The van der Waals surface area contributed by atoms with E-state index in [1.54, 1.807) is 42.5 Å². The van der Waals surface area contributed by atoms with Crippen LogP contribution in [0.5, 0.6) is 0 Å². The van der Waals surface area contributed by atoms with E-state index in [0.717, 1.165) is 21.7 Å². The summed E-state index contributed by atoms with van der Waals surface area (Å²) in [5, 5.41) is 3.67. The van der Waals surface area contributed by atoms with Gasteiger partial charge in [0.05, 0.1) is 11.9 Å². The van der Waals surface area contributed by atoms with Gasteiger partial charge in [0, 0.05) is 34.6 Å². The van der Waals surface area contributed by atoms with Gasteiger partial charge in [-0.2, -0.15) is 0 Å². The van der Waals surface area contributed by atoms with Crippen LogP contribution in [-0.4, -0.2) is 50.0 Å². The van der Waals surface area contributed by atoms with Gasteiger partial charge in [-0.25, -0.2) is 8.42 Å². The van der Waals surface area contributed by atoms with E-state index < -0.39 is 28.5 Å². The fourth-order valence-electron chi connectivity index (χ4n) is 4.17. The summed E-state index contributed by atoms with van der Waals surface area (Å²) in [5.74, 6) is -0.918. The maximum atomic E-state index is 14.1. The van der Waals surface area contributed by atoms with Crippen molar-refractivity contribution in [3.05, 3.63) is 99.5 Å². The molecule has 3 aromatic carbocycles. The van der Waals surface area contributed by atoms with E-state index in [1.807, 2.05) is 51.1 Å². The van der Waals surface area contributed by atoms with E-state index in [1.165, 1.54) is 4.90 Å². The van der Waals surface area contributed by atoms with Crippen molar-refractivity contribution in [2.45, 2.75) is 52.2 Å². The molecule has 3 rings (SSSR count). The normalized spacial score (nSPS) is 12.8. The van der Waals surface area contributed by atoms with Crippen LogP contribution in [0.3, 0.4) is 0 Å². The van der Waals surface area contributed by atoms with Crippen LogP contribution in [0.15, 0.2) is 72.8 Å². The van der Waals surface area contributed by atoms with E-state index >= 15 is 0 Å². The molecule has 0 bridgehead atoms. The molecule has 0 saturated heterocycles. The molecule has 0 aromatic heterocycles. The van der Waals surface area contributed by atoms with Crippen molar-refractivity contribution in [2.24, 2.45) is 0 Å². The van der Waals surface area contributed by atoms with Crippen LogP contribution in [0.4, 0.5) is 5.69 Å². The topological polar surface area (TPSA) is 86.8 Å². The summed E-state index contributed by atoms with van der Waals surface area (Å²) in [6.07, 6.45) is 1.95. The maximum Gasteiger partial charge on any atom is 0.244 e. The number of halogens is 2. The zero-order valence-electron chi connectivity index (χ0n) is 23.1. The highest BCUT2D eigenvalue weighted by Gasteiger charge is 2.34. The van der Waals surface area contributed by atoms with Crippen molar-refractivity contribution in [1.29, 1.82) is 0 Å². The molecule has 0 fully saturated rings. The number of carbonyl (C=O) groups excluding carboxylic acids is 2. The summed E-state index contributed by atoms with van der Waals surface area (Å²) in [4.78, 5) is 29.2. The van der Waals surface area contributed by atoms with Crippen molar-refractivity contribution >= 4 is 50.7 Å². The molecule has 7 nitrogen and oxygen atoms in total. The molecule has 0 aliphatic heterocycles. The molecular formula is C30H35Cl2N3O4S. The lowest BCUT2D eigenvalue weighted by Gasteiger charge is -2.34. The zero-order valence-corrected chi connectivity index (χ0v) is 25.4. The first-order valence-corrected chi connectivity index (χ1v) is 15.6. The average Bonchev–Trinajstić information content (AvgIpc) is 2.91. The smallest absolute Gasteiger partial charge is 0.244 e. The lowest BCUT2D eigenvalue weighted by Crippen LogP contribution is -2.54. The van der Waals surface area contributed by atoms with Crippen molar-refractivity contribution in [3.8, 4) is 0 Å². The third-order valence-corrected chi connectivity index (χ3v) is 8.51. The average molecular weight is 605 g/mol. The molecule has 0 unspecified atom stereocenters. The predicted octanol–water partition coefficient (Wildman–Crippen LogP) is 5.62. The van der Waals surface area contributed by atoms with Gasteiger partial charge in [0.25, 0.3) is 0 Å². The lowest BCUT2D eigenvalue weighted by atomic mass is 10.0. The fourth-order valence-corrected chi connectivity index (χ4v) is 5.54. The molecule has 3 aromatic rings. The number of aryl methyl sites for hydroxylation is 1. The number of hydrogen-bond donors (Lipinski definition) is 1. The zero-order chi connectivity index (χ0) is 29.4. The van der Waals surface area contributed by atoms with Crippen molar-refractivity contribution in [2.75, 3.05) is 17.1 Å². The summed E-state index contributed by atoms with van der Waals surface area (Å²) >= 11 is 13.0. The van der Waals surface area contributed by atoms with Gasteiger partial charge in [-0.3, -0.25) is 13.9 Å². The van der Waals surface area contributed by atoms with Crippen LogP contribution in [0, 0.1) is 6.92 Å². The Hall–Kier alpha value is -3.07. The van der Waals surface area contributed by atoms with Gasteiger partial charge < -0.3 is 10.2 Å². The molecule has 0 heterocycles. The van der Waals surface area contributed by atoms with Crippen molar-refractivity contribution in [3.63, 3.8) is 0 Å². The Morgan fingerprint density at radius 3 is 2.08 bits per heavy atom. The van der Waals surface area contributed by atoms with Gasteiger partial charge in [0.15, 0.2) is 0 Å². The van der Waals surface area contributed by atoms with E-state index in [2.05, 4.69) is 5.32 Å². The van der Waals surface area contributed by atoms with Crippen LogP contribution in [0.1, 0.15) is 37.0 Å². The molecular weight excluding hydrogens is 569 g/mol. The van der Waals surface area contributed by atoms with Crippen LogP contribution < -0.4 is 9.62 Å². The van der Waals surface area contributed by atoms with Gasteiger partial charge in [-0.1, -0.05) is 84.2 Å². The first kappa shape index (κ1) is 31.5. The number of carbonyl (C=O) groups is 2. The number of nitrogens with one attached hydrogen (secondary N) is 1. The SMILES string of the molecule is CC[C@H](C)NC(=O)[C@@H](Cc1ccccc1)N(Cc1c(Cl)cccc1Cl)C(=O)CN(c1ccc(C)cc1)S(C)(=O)=O. The monoisotopic (exact) mass is 603 g/mol. The molecule has 0 radical (unpaired) electrons. The van der Waals surface area contributed by atoms with Crippen LogP contribution >= 0.6 is 23.2 Å². The Labute approximate surface area is 247 Å². The van der Waals surface area contributed by atoms with Crippen molar-refractivity contribution < 1.29 is 18.0 Å². The van der Waals surface area contributed by atoms with Crippen LogP contribution in [0.25, 0.3) is 0 Å². The maximum absolute atomic E-state index is 14.1. The van der Waals surface area contributed by atoms with Gasteiger partial charge >= 0.3 is 0 Å². The highest BCUT2D eigenvalue weighted by molar-refractivity contribution is 7.92. The van der Waals surface area contributed by atoms with E-state index in [0.29, 0.717) is 27.7 Å². The first-order valence-electron chi connectivity index (χ1n) is 13.0. The second-order valence-corrected chi connectivity index (χ2v) is 12.6. The van der Waals surface area contributed by atoms with E-state index in [4.69, 9.17) is 23.2 Å². The second kappa shape index (κ2) is 14.0. The van der Waals surface area contributed by atoms with Gasteiger partial charge in [0.2, 0.25) is 21.8 Å². The molecule has 0 aliphatic rings. The van der Waals surface area contributed by atoms with E-state index in [-0.39, 0.29) is 24.9 Å². The fraction of sp³-hybridized carbons (Fsp3) is 0.333. The predicted molar refractivity (Wildman–Crippen MR) is 162 cm³/mol. The molecule has 0 saturated carbocycles. The number of sulfonamides is 1. The number of anilines is 1. The third-order valence-electron chi connectivity index (χ3n) is 6.66. The number of amides is 2. The quantitative estimate of drug-likeness (QED) is 0.291. The highest BCUT2D eigenvalue weighted by Crippen LogP contribution is 2.28. The minimum Gasteiger partial charge on any atom is -0.352 e. The summed E-state index contributed by atoms with van der Waals surface area (Å²) in [6.45, 7) is 5.13. The standard InChI is InChI=1S/C30H35Cl2N3O4S/c1-5-22(3)33-30(37)28(18-23-10-7-6-8-11-23)34(19-25-26(31)12-9-13-27(25)32)29(36)20-35(40(4,38)39)24-16-14-21(2)15-17-24/h6-17,22,28H,5,18-20H2,1-4H3,(H,33,37)/t22-,28+/m0/s1. The number of benzene rings is 3. The molecule has 2 amide bonds. The molecule has 2 atom stereocenters. The first-order chi connectivity index (χ1) is 18.9. The van der Waals surface area contributed by atoms with Gasteiger partial charge in [0.1, 0.15) is 12.6 Å². The molecule has 214 valence electrons. The van der Waals surface area contributed by atoms with Gasteiger partial charge in [-0.05, 0) is 50.1 Å². The molecule has 0 aliphatic carbocycles. The van der Waals surface area contributed by atoms with E-state index in [9.17, 15) is 18.0 Å². The Kier molecular flexibility index (Phi) is 11.0. The summed E-state index contributed by atoms with van der Waals surface area (Å²) in [6, 6.07) is 20.1. The largest absolute Gasteiger partial charge is 0.352 e. The van der Waals surface area contributed by atoms with Crippen molar-refractivity contribution in [1.82, 2.24) is 10.2 Å². The third kappa shape index (κ3) is 8.46. The number of nitrogens with zero attached hydrogens (tertiary/aromatic N) is 2. The Morgan fingerprint density at radius 2 is 1.52 bits per heavy atom. The Balaban J connectivity index is 2.10. The highest BCUT2D eigenvalue weighted by atomic mass is 35.5. The molecule has 0 spiro atoms.